The molecule has 0 amide bonds. The second-order valence-corrected chi connectivity index (χ2v) is 7.44. The largest absolute Gasteiger partial charge is 0.373 e. The van der Waals surface area contributed by atoms with Crippen LogP contribution in [0.25, 0.3) is 0 Å². The molecule has 0 aliphatic carbocycles. The van der Waals surface area contributed by atoms with Crippen LogP contribution in [-0.4, -0.2) is 53.3 Å². The van der Waals surface area contributed by atoms with Gasteiger partial charge in [-0.15, -0.1) is 0 Å². The molecule has 1 aromatic heterocycles. The van der Waals surface area contributed by atoms with Crippen molar-refractivity contribution in [3.63, 3.8) is 0 Å². The van der Waals surface area contributed by atoms with E-state index >= 15 is 0 Å². The molecule has 1 spiro atoms. The van der Waals surface area contributed by atoms with Gasteiger partial charge in [0.05, 0.1) is 24.6 Å². The lowest BCUT2D eigenvalue weighted by atomic mass is 9.87. The Kier molecular flexibility index (Phi) is 4.87. The number of aromatic nitrogens is 2. The van der Waals surface area contributed by atoms with Crippen molar-refractivity contribution in [2.75, 3.05) is 31.6 Å². The molecule has 2 aromatic rings. The van der Waals surface area contributed by atoms with Crippen molar-refractivity contribution in [2.45, 2.75) is 37.5 Å². The van der Waals surface area contributed by atoms with Gasteiger partial charge in [-0.1, -0.05) is 30.3 Å². The number of hydrogen-bond acceptors (Lipinski definition) is 5. The van der Waals surface area contributed by atoms with Crippen LogP contribution in [0.1, 0.15) is 24.8 Å². The highest BCUT2D eigenvalue weighted by Gasteiger charge is 2.44. The van der Waals surface area contributed by atoms with Gasteiger partial charge in [-0.3, -0.25) is 4.90 Å². The van der Waals surface area contributed by atoms with E-state index in [4.69, 9.17) is 4.74 Å². The highest BCUT2D eigenvalue weighted by molar-refractivity contribution is 5.30. The molecule has 0 unspecified atom stereocenters. The molecule has 6 heteroatoms. The van der Waals surface area contributed by atoms with Crippen LogP contribution < -0.4 is 4.90 Å². The molecule has 1 aromatic carbocycles. The highest BCUT2D eigenvalue weighted by Crippen LogP contribution is 2.38. The average Bonchev–Trinajstić information content (AvgIpc) is 3.08. The Morgan fingerprint density at radius 1 is 1.19 bits per heavy atom. The molecule has 3 heterocycles. The van der Waals surface area contributed by atoms with E-state index in [9.17, 15) is 4.39 Å². The fourth-order valence-electron chi connectivity index (χ4n) is 4.04. The molecule has 5 nitrogen and oxygen atoms in total. The lowest BCUT2D eigenvalue weighted by Gasteiger charge is -2.38. The van der Waals surface area contributed by atoms with Crippen LogP contribution in [0, 0.1) is 5.82 Å². The Labute approximate surface area is 153 Å². The van der Waals surface area contributed by atoms with Gasteiger partial charge in [0.2, 0.25) is 5.95 Å². The molecular formula is C20H25FN4O. The molecule has 0 radical (unpaired) electrons. The molecule has 2 saturated heterocycles. The zero-order valence-electron chi connectivity index (χ0n) is 15.1. The summed E-state index contributed by atoms with van der Waals surface area (Å²) in [4.78, 5) is 12.7. The Balaban J connectivity index is 1.33. The van der Waals surface area contributed by atoms with Gasteiger partial charge in [-0.25, -0.2) is 14.4 Å². The summed E-state index contributed by atoms with van der Waals surface area (Å²) >= 11 is 0. The van der Waals surface area contributed by atoms with Crippen molar-refractivity contribution in [2.24, 2.45) is 0 Å². The topological polar surface area (TPSA) is 41.5 Å². The number of benzene rings is 1. The zero-order chi connectivity index (χ0) is 18.0. The van der Waals surface area contributed by atoms with E-state index in [0.717, 1.165) is 45.5 Å². The molecule has 2 aliphatic heterocycles. The number of piperidine rings is 1. The van der Waals surface area contributed by atoms with E-state index in [2.05, 4.69) is 57.1 Å². The number of anilines is 1. The second kappa shape index (κ2) is 7.29. The minimum atomic E-state index is -0.398. The van der Waals surface area contributed by atoms with Crippen molar-refractivity contribution in [1.82, 2.24) is 14.9 Å². The van der Waals surface area contributed by atoms with Crippen molar-refractivity contribution >= 4 is 5.95 Å². The molecular weight excluding hydrogens is 331 g/mol. The normalized spacial score (nSPS) is 22.3. The molecule has 4 rings (SSSR count). The summed E-state index contributed by atoms with van der Waals surface area (Å²) in [7, 11) is 2.18. The van der Waals surface area contributed by atoms with Crippen LogP contribution >= 0.6 is 0 Å². The first kappa shape index (κ1) is 17.4. The minimum absolute atomic E-state index is 0.0356. The van der Waals surface area contributed by atoms with E-state index in [1.165, 1.54) is 18.0 Å². The van der Waals surface area contributed by atoms with Gasteiger partial charge in [0.1, 0.15) is 0 Å². The van der Waals surface area contributed by atoms with Gasteiger partial charge < -0.3 is 9.64 Å². The van der Waals surface area contributed by atoms with E-state index in [-0.39, 0.29) is 5.60 Å². The second-order valence-electron chi connectivity index (χ2n) is 7.44. The summed E-state index contributed by atoms with van der Waals surface area (Å²) in [5.74, 6) is 0.211. The van der Waals surface area contributed by atoms with E-state index in [1.54, 1.807) is 0 Å². The fraction of sp³-hybridized carbons (Fsp3) is 0.500. The third-order valence-electron chi connectivity index (χ3n) is 5.65. The van der Waals surface area contributed by atoms with Crippen molar-refractivity contribution in [3.05, 3.63) is 54.1 Å². The lowest BCUT2D eigenvalue weighted by Crippen LogP contribution is -2.45. The van der Waals surface area contributed by atoms with Crippen LogP contribution in [0.2, 0.25) is 0 Å². The Bertz CT molecular complexity index is 716. The SMILES string of the molecule is CN(Cc1ccccc1)[C@@H]1COC2(CCN(c3ncc(F)cn3)CC2)C1. The van der Waals surface area contributed by atoms with Gasteiger partial charge in [-0.05, 0) is 31.9 Å². The van der Waals surface area contributed by atoms with Crippen LogP contribution in [0.15, 0.2) is 42.7 Å². The van der Waals surface area contributed by atoms with E-state index in [0.29, 0.717) is 12.0 Å². The zero-order valence-corrected chi connectivity index (χ0v) is 15.1. The van der Waals surface area contributed by atoms with Gasteiger partial charge in [0.25, 0.3) is 0 Å². The van der Waals surface area contributed by atoms with Crippen LogP contribution in [0.3, 0.4) is 0 Å². The molecule has 2 fully saturated rings. The maximum Gasteiger partial charge on any atom is 0.225 e. The summed E-state index contributed by atoms with van der Waals surface area (Å²) in [6.45, 7) is 3.43. The van der Waals surface area contributed by atoms with Crippen LogP contribution in [0.5, 0.6) is 0 Å². The van der Waals surface area contributed by atoms with Gasteiger partial charge in [0, 0.05) is 25.7 Å². The quantitative estimate of drug-likeness (QED) is 0.843. The maximum absolute atomic E-state index is 13.0. The van der Waals surface area contributed by atoms with Crippen LogP contribution in [-0.2, 0) is 11.3 Å². The summed E-state index contributed by atoms with van der Waals surface area (Å²) < 4.78 is 19.3. The Hall–Kier alpha value is -2.05. The van der Waals surface area contributed by atoms with E-state index < -0.39 is 5.82 Å². The summed E-state index contributed by atoms with van der Waals surface area (Å²) in [6.07, 6.45) is 5.45. The van der Waals surface area contributed by atoms with Gasteiger partial charge >= 0.3 is 0 Å². The summed E-state index contributed by atoms with van der Waals surface area (Å²) in [5, 5.41) is 0. The maximum atomic E-state index is 13.0. The monoisotopic (exact) mass is 356 g/mol. The van der Waals surface area contributed by atoms with E-state index in [1.807, 2.05) is 0 Å². The molecule has 26 heavy (non-hydrogen) atoms. The average molecular weight is 356 g/mol. The number of likely N-dealkylation sites (N-methyl/N-ethyl adjacent to an activating group) is 1. The Morgan fingerprint density at radius 3 is 2.58 bits per heavy atom. The first-order chi connectivity index (χ1) is 12.6. The number of ether oxygens (including phenoxy) is 1. The van der Waals surface area contributed by atoms with Crippen molar-refractivity contribution in [3.8, 4) is 0 Å². The summed E-state index contributed by atoms with van der Waals surface area (Å²) in [5.41, 5.74) is 1.30. The fourth-order valence-corrected chi connectivity index (χ4v) is 4.04. The van der Waals surface area contributed by atoms with Gasteiger partial charge in [-0.2, -0.15) is 0 Å². The first-order valence-electron chi connectivity index (χ1n) is 9.24. The predicted molar refractivity (Wildman–Crippen MR) is 98.4 cm³/mol. The molecule has 2 aliphatic rings. The minimum Gasteiger partial charge on any atom is -0.373 e. The standard InChI is InChI=1S/C20H25FN4O/c1-24(14-16-5-3-2-4-6-16)18-11-20(26-15-18)7-9-25(10-8-20)19-22-12-17(21)13-23-19/h2-6,12-13,18H,7-11,14-15H2,1H3/t18-/m0/s1. The number of nitrogens with zero attached hydrogens (tertiary/aromatic N) is 4. The molecule has 138 valence electrons. The lowest BCUT2D eigenvalue weighted by molar-refractivity contribution is -0.0159. The smallest absolute Gasteiger partial charge is 0.225 e. The molecule has 0 N–H and O–H groups in total. The number of rotatable bonds is 4. The molecule has 0 bridgehead atoms. The summed E-state index contributed by atoms with van der Waals surface area (Å²) in [6, 6.07) is 11.0. The van der Waals surface area contributed by atoms with Crippen molar-refractivity contribution in [1.29, 1.82) is 0 Å². The molecule has 1 atom stereocenters. The van der Waals surface area contributed by atoms with Crippen LogP contribution in [0.4, 0.5) is 10.3 Å². The first-order valence-corrected chi connectivity index (χ1v) is 9.24. The number of hydrogen-bond donors (Lipinski definition) is 0. The van der Waals surface area contributed by atoms with Crippen molar-refractivity contribution < 1.29 is 9.13 Å². The third kappa shape index (κ3) is 3.71. The highest BCUT2D eigenvalue weighted by atomic mass is 19.1. The Morgan fingerprint density at radius 2 is 1.88 bits per heavy atom. The number of halogens is 1. The third-order valence-corrected chi connectivity index (χ3v) is 5.65. The molecule has 0 saturated carbocycles. The predicted octanol–water partition coefficient (Wildman–Crippen LogP) is 2.88. The van der Waals surface area contributed by atoms with Gasteiger partial charge in [0.15, 0.2) is 5.82 Å².